The average molecular weight is 586 g/mol. The molecule has 0 spiro atoms. The lowest BCUT2D eigenvalue weighted by Gasteiger charge is -2.33. The largest absolute Gasteiger partial charge is 0.487 e. The number of nitrogens with one attached hydrogen (secondary N) is 2. The number of aromatic nitrogens is 2. The Labute approximate surface area is 247 Å². The second-order valence-electron chi connectivity index (χ2n) is 10.2. The van der Waals surface area contributed by atoms with Crippen molar-refractivity contribution in [3.05, 3.63) is 101 Å². The summed E-state index contributed by atoms with van der Waals surface area (Å²) in [4.78, 5) is 23.1. The number of piperazine rings is 1. The van der Waals surface area contributed by atoms with Crippen molar-refractivity contribution in [1.29, 1.82) is 0 Å². The molecule has 0 bridgehead atoms. The van der Waals surface area contributed by atoms with Crippen LogP contribution in [0.1, 0.15) is 18.2 Å². The van der Waals surface area contributed by atoms with Crippen LogP contribution in [0, 0.1) is 5.82 Å². The minimum Gasteiger partial charge on any atom is -0.487 e. The smallest absolute Gasteiger partial charge is 0.148 e. The number of hydrogen-bond acceptors (Lipinski definition) is 8. The van der Waals surface area contributed by atoms with Crippen LogP contribution in [0.5, 0.6) is 5.75 Å². The summed E-state index contributed by atoms with van der Waals surface area (Å²) in [5.74, 6) is 2.46. The number of halogens is 2. The van der Waals surface area contributed by atoms with Crippen LogP contribution < -0.4 is 15.4 Å². The summed E-state index contributed by atoms with van der Waals surface area (Å²) >= 11 is 6.51. The molecule has 0 saturated carbocycles. The van der Waals surface area contributed by atoms with Crippen LogP contribution in [0.15, 0.2) is 83.5 Å². The van der Waals surface area contributed by atoms with E-state index in [9.17, 15) is 9.18 Å². The van der Waals surface area contributed by atoms with E-state index in [0.29, 0.717) is 35.2 Å². The maximum atomic E-state index is 13.5. The molecule has 1 aliphatic rings. The van der Waals surface area contributed by atoms with E-state index in [0.717, 1.165) is 46.8 Å². The van der Waals surface area contributed by atoms with Gasteiger partial charge in [-0.3, -0.25) is 9.69 Å². The van der Waals surface area contributed by atoms with E-state index in [1.165, 1.54) is 18.5 Å². The number of benzene rings is 3. The first-order chi connectivity index (χ1) is 20.4. The van der Waals surface area contributed by atoms with E-state index >= 15 is 0 Å². The molecule has 1 saturated heterocycles. The Morgan fingerprint density at radius 2 is 2.05 bits per heavy atom. The van der Waals surface area contributed by atoms with Crippen LogP contribution in [0.3, 0.4) is 0 Å². The van der Waals surface area contributed by atoms with Crippen molar-refractivity contribution in [2.45, 2.75) is 26.1 Å². The lowest BCUT2D eigenvalue weighted by Crippen LogP contribution is -2.53. The molecule has 0 aliphatic carbocycles. The second-order valence-corrected chi connectivity index (χ2v) is 10.6. The van der Waals surface area contributed by atoms with Crippen molar-refractivity contribution in [2.24, 2.45) is 0 Å². The number of ketones is 1. The van der Waals surface area contributed by atoms with Crippen LogP contribution in [0.2, 0.25) is 5.02 Å². The predicted molar refractivity (Wildman–Crippen MR) is 160 cm³/mol. The molecule has 0 radical (unpaired) electrons. The van der Waals surface area contributed by atoms with E-state index < -0.39 is 0 Å². The standard InChI is InChI=1S/C32H29ClFN5O3/c1-20(40)29-16-35-11-12-39(29)17-25-7-10-30(42-25)22-5-8-28-26(14-22)32(37-19-36-28)38-24-6-9-31(27(33)15-24)41-18-21-3-2-4-23(34)13-21/h2-10,13-15,19,29,35H,11-12,16-18H2,1H3,(H,36,37,38). The fourth-order valence-corrected chi connectivity index (χ4v) is 5.32. The predicted octanol–water partition coefficient (Wildman–Crippen LogP) is 6.37. The van der Waals surface area contributed by atoms with Gasteiger partial charge in [0.25, 0.3) is 0 Å². The van der Waals surface area contributed by atoms with Gasteiger partial charge in [0.05, 0.1) is 23.1 Å². The van der Waals surface area contributed by atoms with E-state index in [4.69, 9.17) is 20.8 Å². The normalized spacial score (nSPS) is 15.5. The first-order valence-corrected chi connectivity index (χ1v) is 14.0. The quantitative estimate of drug-likeness (QED) is 0.206. The number of hydrogen-bond donors (Lipinski definition) is 2. The number of ether oxygens (including phenoxy) is 1. The second kappa shape index (κ2) is 12.3. The Balaban J connectivity index is 1.19. The number of nitrogens with zero attached hydrogens (tertiary/aromatic N) is 3. The number of rotatable bonds is 9. The van der Waals surface area contributed by atoms with Crippen LogP contribution in [0.4, 0.5) is 15.9 Å². The van der Waals surface area contributed by atoms with E-state index in [2.05, 4.69) is 25.5 Å². The summed E-state index contributed by atoms with van der Waals surface area (Å²) in [7, 11) is 0. The number of furan rings is 1. The third kappa shape index (κ3) is 6.28. The molecular formula is C32H29ClFN5O3. The summed E-state index contributed by atoms with van der Waals surface area (Å²) in [6, 6.07) is 21.2. The van der Waals surface area contributed by atoms with Crippen molar-refractivity contribution < 1.29 is 18.3 Å². The molecule has 0 amide bonds. The fraction of sp³-hybridized carbons (Fsp3) is 0.219. The molecule has 1 aliphatic heterocycles. The van der Waals surface area contributed by atoms with Crippen molar-refractivity contribution in [3.8, 4) is 17.1 Å². The fourth-order valence-electron chi connectivity index (χ4n) is 5.08. The van der Waals surface area contributed by atoms with Gasteiger partial charge < -0.3 is 19.8 Å². The van der Waals surface area contributed by atoms with Crippen LogP contribution >= 0.6 is 11.6 Å². The Morgan fingerprint density at radius 3 is 2.88 bits per heavy atom. The number of anilines is 2. The summed E-state index contributed by atoms with van der Waals surface area (Å²) in [5.41, 5.74) is 3.09. The van der Waals surface area contributed by atoms with Crippen molar-refractivity contribution >= 4 is 39.8 Å². The molecule has 1 atom stereocenters. The van der Waals surface area contributed by atoms with E-state index in [1.807, 2.05) is 36.4 Å². The van der Waals surface area contributed by atoms with Crippen molar-refractivity contribution in [2.75, 3.05) is 25.0 Å². The zero-order valence-corrected chi connectivity index (χ0v) is 23.7. The van der Waals surface area contributed by atoms with Gasteiger partial charge in [0, 0.05) is 36.3 Å². The zero-order chi connectivity index (χ0) is 29.1. The van der Waals surface area contributed by atoms with Crippen molar-refractivity contribution in [3.63, 3.8) is 0 Å². The molecule has 10 heteroatoms. The summed E-state index contributed by atoms with van der Waals surface area (Å²) in [6.45, 7) is 4.68. The molecule has 42 heavy (non-hydrogen) atoms. The van der Waals surface area contributed by atoms with Crippen LogP contribution in [-0.4, -0.2) is 46.3 Å². The Hall–Kier alpha value is -4.31. The van der Waals surface area contributed by atoms with Crippen LogP contribution in [-0.2, 0) is 17.9 Å². The molecule has 6 rings (SSSR count). The summed E-state index contributed by atoms with van der Waals surface area (Å²) < 4.78 is 25.5. The lowest BCUT2D eigenvalue weighted by atomic mass is 10.1. The molecule has 5 aromatic rings. The van der Waals surface area contributed by atoms with Crippen LogP contribution in [0.25, 0.3) is 22.2 Å². The summed E-state index contributed by atoms with van der Waals surface area (Å²) in [6.07, 6.45) is 1.51. The number of carbonyl (C=O) groups is 1. The topological polar surface area (TPSA) is 92.5 Å². The van der Waals surface area contributed by atoms with Gasteiger partial charge >= 0.3 is 0 Å². The molecule has 3 heterocycles. The highest BCUT2D eigenvalue weighted by atomic mass is 35.5. The van der Waals surface area contributed by atoms with Crippen molar-refractivity contribution in [1.82, 2.24) is 20.2 Å². The highest BCUT2D eigenvalue weighted by Crippen LogP contribution is 2.33. The molecule has 1 unspecified atom stereocenters. The van der Waals surface area contributed by atoms with Gasteiger partial charge in [-0.2, -0.15) is 0 Å². The molecule has 1 fully saturated rings. The average Bonchev–Trinajstić information content (AvgIpc) is 3.45. The Bertz CT molecular complexity index is 1740. The third-order valence-corrected chi connectivity index (χ3v) is 7.54. The number of carbonyl (C=O) groups excluding carboxylic acids is 1. The monoisotopic (exact) mass is 585 g/mol. The zero-order valence-electron chi connectivity index (χ0n) is 22.9. The van der Waals surface area contributed by atoms with Gasteiger partial charge in [0.15, 0.2) is 0 Å². The Morgan fingerprint density at radius 1 is 1.14 bits per heavy atom. The molecule has 2 aromatic heterocycles. The van der Waals surface area contributed by atoms with Gasteiger partial charge in [-0.1, -0.05) is 23.7 Å². The highest BCUT2D eigenvalue weighted by molar-refractivity contribution is 6.32. The molecule has 214 valence electrons. The minimum absolute atomic E-state index is 0.149. The number of fused-ring (bicyclic) bond motifs is 1. The number of Topliss-reactive ketones (excluding diaryl/α,β-unsaturated/α-hetero) is 1. The highest BCUT2D eigenvalue weighted by Gasteiger charge is 2.26. The minimum atomic E-state index is -0.313. The SMILES string of the molecule is CC(=O)C1CNCCN1Cc1ccc(-c2ccc3ncnc(Nc4ccc(OCc5cccc(F)c5)c(Cl)c4)c3c2)o1. The summed E-state index contributed by atoms with van der Waals surface area (Å²) in [5, 5.41) is 7.85. The van der Waals surface area contributed by atoms with E-state index in [1.54, 1.807) is 31.2 Å². The lowest BCUT2D eigenvalue weighted by molar-refractivity contribution is -0.123. The Kier molecular flexibility index (Phi) is 8.14. The van der Waals surface area contributed by atoms with E-state index in [-0.39, 0.29) is 24.2 Å². The third-order valence-electron chi connectivity index (χ3n) is 7.24. The molecule has 2 N–H and O–H groups in total. The molecular weight excluding hydrogens is 557 g/mol. The molecule has 8 nitrogen and oxygen atoms in total. The van der Waals surface area contributed by atoms with Gasteiger partial charge in [-0.25, -0.2) is 14.4 Å². The van der Waals surface area contributed by atoms with Gasteiger partial charge in [-0.05, 0) is 73.2 Å². The maximum absolute atomic E-state index is 13.5. The maximum Gasteiger partial charge on any atom is 0.148 e. The first-order valence-electron chi connectivity index (χ1n) is 13.7. The van der Waals surface area contributed by atoms with Gasteiger partial charge in [0.1, 0.15) is 47.6 Å². The van der Waals surface area contributed by atoms with Gasteiger partial charge in [0.2, 0.25) is 0 Å². The molecule has 3 aromatic carbocycles. The first kappa shape index (κ1) is 27.8. The van der Waals surface area contributed by atoms with Gasteiger partial charge in [-0.15, -0.1) is 0 Å².